The average molecular weight is 327 g/mol. The number of benzene rings is 2. The van der Waals surface area contributed by atoms with E-state index in [0.29, 0.717) is 6.54 Å². The Kier molecular flexibility index (Phi) is 4.81. The van der Waals surface area contributed by atoms with Crippen LogP contribution in [0.4, 0.5) is 4.39 Å². The van der Waals surface area contributed by atoms with Crippen LogP contribution >= 0.6 is 0 Å². The molecule has 126 valence electrons. The number of fused-ring (bicyclic) bond motifs is 1. The number of methoxy groups -OCH3 is 1. The van der Waals surface area contributed by atoms with E-state index in [4.69, 9.17) is 9.72 Å². The molecule has 0 bridgehead atoms. The summed E-state index contributed by atoms with van der Waals surface area (Å²) in [6.45, 7) is 5.61. The fraction of sp³-hybridized carbons (Fsp3) is 0.316. The lowest BCUT2D eigenvalue weighted by Gasteiger charge is -2.15. The molecule has 0 amide bonds. The Morgan fingerprint density at radius 2 is 2.04 bits per heavy atom. The second-order valence-electron chi connectivity index (χ2n) is 5.76. The molecule has 0 unspecified atom stereocenters. The summed E-state index contributed by atoms with van der Waals surface area (Å²) in [6, 6.07) is 13.2. The molecule has 1 heterocycles. The summed E-state index contributed by atoms with van der Waals surface area (Å²) < 4.78 is 21.0. The summed E-state index contributed by atoms with van der Waals surface area (Å²) in [4.78, 5) is 4.70. The Balaban J connectivity index is 1.77. The standard InChI is InChI=1S/C19H22FN3O/c1-4-23-17-8-6-5-7-16(17)22-19(23)12-21-13(2)14-9-10-18(24-3)15(20)11-14/h5-11,13,21H,4,12H2,1-3H3/t13-/m1/s1. The van der Waals surface area contributed by atoms with E-state index in [0.717, 1.165) is 29.0 Å². The van der Waals surface area contributed by atoms with Gasteiger partial charge >= 0.3 is 0 Å². The van der Waals surface area contributed by atoms with Gasteiger partial charge in [0, 0.05) is 12.6 Å². The topological polar surface area (TPSA) is 39.1 Å². The maximum absolute atomic E-state index is 13.9. The summed E-state index contributed by atoms with van der Waals surface area (Å²) >= 11 is 0. The van der Waals surface area contributed by atoms with Gasteiger partial charge in [-0.05, 0) is 43.7 Å². The van der Waals surface area contributed by atoms with Crippen molar-refractivity contribution in [3.05, 3.63) is 59.7 Å². The molecule has 24 heavy (non-hydrogen) atoms. The minimum absolute atomic E-state index is 0.00974. The third kappa shape index (κ3) is 3.12. The number of rotatable bonds is 6. The summed E-state index contributed by atoms with van der Waals surface area (Å²) in [5.41, 5.74) is 3.02. The van der Waals surface area contributed by atoms with Crippen LogP contribution in [0.1, 0.15) is 31.3 Å². The van der Waals surface area contributed by atoms with Crippen molar-refractivity contribution in [2.45, 2.75) is 33.0 Å². The van der Waals surface area contributed by atoms with Crippen LogP contribution in [0.25, 0.3) is 11.0 Å². The van der Waals surface area contributed by atoms with Crippen LogP contribution in [0.3, 0.4) is 0 Å². The van der Waals surface area contributed by atoms with Crippen molar-refractivity contribution in [1.82, 2.24) is 14.9 Å². The van der Waals surface area contributed by atoms with Gasteiger partial charge in [0.25, 0.3) is 0 Å². The summed E-state index contributed by atoms with van der Waals surface area (Å²) in [5, 5.41) is 3.42. The highest BCUT2D eigenvalue weighted by Gasteiger charge is 2.12. The molecule has 2 aromatic carbocycles. The fourth-order valence-electron chi connectivity index (χ4n) is 2.93. The van der Waals surface area contributed by atoms with Gasteiger partial charge in [-0.25, -0.2) is 9.37 Å². The van der Waals surface area contributed by atoms with Crippen molar-refractivity contribution >= 4 is 11.0 Å². The second-order valence-corrected chi connectivity index (χ2v) is 5.76. The number of aryl methyl sites for hydroxylation is 1. The number of aromatic nitrogens is 2. The number of hydrogen-bond acceptors (Lipinski definition) is 3. The van der Waals surface area contributed by atoms with Crippen molar-refractivity contribution in [1.29, 1.82) is 0 Å². The lowest BCUT2D eigenvalue weighted by molar-refractivity contribution is 0.385. The zero-order valence-electron chi connectivity index (χ0n) is 14.2. The molecule has 0 spiro atoms. The molecule has 1 atom stereocenters. The minimum Gasteiger partial charge on any atom is -0.494 e. The Labute approximate surface area is 141 Å². The van der Waals surface area contributed by atoms with E-state index in [1.165, 1.54) is 13.2 Å². The highest BCUT2D eigenvalue weighted by Crippen LogP contribution is 2.22. The average Bonchev–Trinajstić information content (AvgIpc) is 2.97. The molecule has 0 fully saturated rings. The van der Waals surface area contributed by atoms with Gasteiger partial charge in [0.1, 0.15) is 5.82 Å². The first-order valence-corrected chi connectivity index (χ1v) is 8.15. The lowest BCUT2D eigenvalue weighted by atomic mass is 10.1. The van der Waals surface area contributed by atoms with Gasteiger partial charge < -0.3 is 14.6 Å². The van der Waals surface area contributed by atoms with Crippen molar-refractivity contribution in [2.75, 3.05) is 7.11 Å². The van der Waals surface area contributed by atoms with Gasteiger partial charge in [0.15, 0.2) is 11.6 Å². The molecule has 0 radical (unpaired) electrons. The zero-order chi connectivity index (χ0) is 17.1. The third-order valence-electron chi connectivity index (χ3n) is 4.29. The second kappa shape index (κ2) is 7.01. The van der Waals surface area contributed by atoms with Gasteiger partial charge in [-0.2, -0.15) is 0 Å². The summed E-state index contributed by atoms with van der Waals surface area (Å²) in [7, 11) is 1.47. The summed E-state index contributed by atoms with van der Waals surface area (Å²) in [5.74, 6) is 0.905. The number of nitrogens with one attached hydrogen (secondary N) is 1. The molecule has 3 rings (SSSR count). The molecule has 0 aliphatic rings. The molecule has 0 saturated heterocycles. The van der Waals surface area contributed by atoms with Crippen LogP contribution in [0, 0.1) is 5.82 Å². The zero-order valence-corrected chi connectivity index (χ0v) is 14.2. The molecule has 5 heteroatoms. The van der Waals surface area contributed by atoms with Crippen LogP contribution < -0.4 is 10.1 Å². The first-order chi connectivity index (χ1) is 11.6. The van der Waals surface area contributed by atoms with Gasteiger partial charge in [0.05, 0.1) is 24.7 Å². The Bertz CT molecular complexity index is 844. The van der Waals surface area contributed by atoms with Gasteiger partial charge in [-0.3, -0.25) is 0 Å². The van der Waals surface area contributed by atoms with E-state index in [1.807, 2.05) is 31.2 Å². The molecule has 0 aliphatic heterocycles. The predicted molar refractivity (Wildman–Crippen MR) is 93.6 cm³/mol. The predicted octanol–water partition coefficient (Wildman–Crippen LogP) is 4.05. The van der Waals surface area contributed by atoms with Crippen molar-refractivity contribution in [3.63, 3.8) is 0 Å². The fourth-order valence-corrected chi connectivity index (χ4v) is 2.93. The van der Waals surface area contributed by atoms with Crippen LogP contribution in [0.5, 0.6) is 5.75 Å². The molecular weight excluding hydrogens is 305 g/mol. The van der Waals surface area contributed by atoms with E-state index in [-0.39, 0.29) is 17.6 Å². The van der Waals surface area contributed by atoms with Crippen molar-refractivity contribution in [2.24, 2.45) is 0 Å². The third-order valence-corrected chi connectivity index (χ3v) is 4.29. The van der Waals surface area contributed by atoms with E-state index in [2.05, 4.69) is 22.9 Å². The van der Waals surface area contributed by atoms with Crippen LogP contribution in [-0.4, -0.2) is 16.7 Å². The smallest absolute Gasteiger partial charge is 0.165 e. The number of nitrogens with zero attached hydrogens (tertiary/aromatic N) is 2. The molecule has 1 aromatic heterocycles. The van der Waals surface area contributed by atoms with Crippen molar-refractivity contribution < 1.29 is 9.13 Å². The highest BCUT2D eigenvalue weighted by atomic mass is 19.1. The number of ether oxygens (including phenoxy) is 1. The quantitative estimate of drug-likeness (QED) is 0.742. The van der Waals surface area contributed by atoms with E-state index in [1.54, 1.807) is 6.07 Å². The molecule has 3 aromatic rings. The Hall–Kier alpha value is -2.40. The minimum atomic E-state index is -0.343. The Morgan fingerprint density at radius 3 is 2.75 bits per heavy atom. The van der Waals surface area contributed by atoms with Gasteiger partial charge in [-0.15, -0.1) is 0 Å². The normalized spacial score (nSPS) is 12.5. The first-order valence-electron chi connectivity index (χ1n) is 8.15. The van der Waals surface area contributed by atoms with Crippen LogP contribution in [0.2, 0.25) is 0 Å². The molecular formula is C19H22FN3O. The lowest BCUT2D eigenvalue weighted by Crippen LogP contribution is -2.20. The molecule has 1 N–H and O–H groups in total. The highest BCUT2D eigenvalue weighted by molar-refractivity contribution is 5.75. The Morgan fingerprint density at radius 1 is 1.25 bits per heavy atom. The molecule has 0 saturated carbocycles. The maximum atomic E-state index is 13.9. The molecule has 4 nitrogen and oxygen atoms in total. The van der Waals surface area contributed by atoms with Gasteiger partial charge in [-0.1, -0.05) is 18.2 Å². The van der Waals surface area contributed by atoms with E-state index < -0.39 is 0 Å². The van der Waals surface area contributed by atoms with Gasteiger partial charge in [0.2, 0.25) is 0 Å². The number of para-hydroxylation sites is 2. The number of hydrogen-bond donors (Lipinski definition) is 1. The van der Waals surface area contributed by atoms with E-state index >= 15 is 0 Å². The molecule has 0 aliphatic carbocycles. The van der Waals surface area contributed by atoms with Crippen LogP contribution in [-0.2, 0) is 13.1 Å². The monoisotopic (exact) mass is 327 g/mol. The SMILES string of the molecule is CCn1c(CN[C@H](C)c2ccc(OC)c(F)c2)nc2ccccc21. The van der Waals surface area contributed by atoms with Crippen molar-refractivity contribution in [3.8, 4) is 5.75 Å². The number of imidazole rings is 1. The first kappa shape index (κ1) is 16.5. The maximum Gasteiger partial charge on any atom is 0.165 e. The van der Waals surface area contributed by atoms with Crippen LogP contribution in [0.15, 0.2) is 42.5 Å². The number of halogens is 1. The largest absolute Gasteiger partial charge is 0.494 e. The summed E-state index contributed by atoms with van der Waals surface area (Å²) in [6.07, 6.45) is 0. The van der Waals surface area contributed by atoms with E-state index in [9.17, 15) is 4.39 Å².